The number of hydrogen-bond donors (Lipinski definition) is 1. The number of nitrogens with zero attached hydrogens (tertiary/aromatic N) is 1. The molecule has 22 heavy (non-hydrogen) atoms. The number of benzene rings is 1. The third kappa shape index (κ3) is 4.69. The predicted molar refractivity (Wildman–Crippen MR) is 84.6 cm³/mol. The maximum Gasteiger partial charge on any atom is 0.240 e. The molecule has 126 valence electrons. The van der Waals surface area contributed by atoms with Gasteiger partial charge in [0.15, 0.2) is 0 Å². The number of hydrogen-bond acceptors (Lipinski definition) is 4. The van der Waals surface area contributed by atoms with Crippen molar-refractivity contribution in [2.45, 2.75) is 18.9 Å². The Kier molecular flexibility index (Phi) is 7.85. The number of halogens is 3. The summed E-state index contributed by atoms with van der Waals surface area (Å²) in [5.74, 6) is 1.25. The van der Waals surface area contributed by atoms with Gasteiger partial charge in [-0.15, -0.1) is 12.4 Å². The second kappa shape index (κ2) is 9.12. The lowest BCUT2D eigenvalue weighted by atomic mass is 10.00. The summed E-state index contributed by atoms with van der Waals surface area (Å²) in [6, 6.07) is 5.02. The zero-order valence-corrected chi connectivity index (χ0v) is 13.7. The molecule has 2 rings (SSSR count). The highest BCUT2D eigenvalue weighted by atomic mass is 35.5. The first-order chi connectivity index (χ1) is 10.2. The predicted octanol–water partition coefficient (Wildman–Crippen LogP) is 2.73. The largest absolute Gasteiger partial charge is 0.497 e. The second-order valence-electron chi connectivity index (χ2n) is 5.04. The molecule has 1 aliphatic heterocycles. The summed E-state index contributed by atoms with van der Waals surface area (Å²) >= 11 is 0. The molecule has 0 radical (unpaired) electrons. The Morgan fingerprint density at radius 2 is 1.86 bits per heavy atom. The molecule has 1 aliphatic rings. The van der Waals surface area contributed by atoms with E-state index in [9.17, 15) is 8.78 Å². The van der Waals surface area contributed by atoms with Crippen LogP contribution in [0.15, 0.2) is 18.2 Å². The maximum atomic E-state index is 13.0. The Morgan fingerprint density at radius 1 is 1.18 bits per heavy atom. The third-order valence-electron chi connectivity index (χ3n) is 3.79. The molecule has 0 bridgehead atoms. The summed E-state index contributed by atoms with van der Waals surface area (Å²) in [6.07, 6.45) is -2.54. The summed E-state index contributed by atoms with van der Waals surface area (Å²) in [7, 11) is 3.12. The van der Waals surface area contributed by atoms with E-state index in [0.29, 0.717) is 11.5 Å². The van der Waals surface area contributed by atoms with Crippen LogP contribution in [0.2, 0.25) is 0 Å². The van der Waals surface area contributed by atoms with Crippen molar-refractivity contribution >= 4 is 12.4 Å². The van der Waals surface area contributed by atoms with E-state index in [1.807, 2.05) is 6.07 Å². The molecule has 0 aromatic heterocycles. The van der Waals surface area contributed by atoms with E-state index in [4.69, 9.17) is 9.47 Å². The number of alkyl halides is 2. The summed E-state index contributed by atoms with van der Waals surface area (Å²) in [4.78, 5) is 2.09. The van der Waals surface area contributed by atoms with Crippen molar-refractivity contribution in [3.05, 3.63) is 23.8 Å². The van der Waals surface area contributed by atoms with Gasteiger partial charge in [0.2, 0.25) is 6.43 Å². The molecular weight excluding hydrogens is 314 g/mol. The van der Waals surface area contributed by atoms with Gasteiger partial charge in [-0.05, 0) is 6.07 Å². The van der Waals surface area contributed by atoms with Crippen LogP contribution in [0.5, 0.6) is 11.5 Å². The Balaban J connectivity index is 0.00000242. The van der Waals surface area contributed by atoms with Crippen molar-refractivity contribution in [2.75, 3.05) is 40.4 Å². The quantitative estimate of drug-likeness (QED) is 0.866. The Morgan fingerprint density at radius 3 is 2.41 bits per heavy atom. The number of nitrogens with one attached hydrogen (secondary N) is 1. The van der Waals surface area contributed by atoms with Gasteiger partial charge < -0.3 is 14.8 Å². The van der Waals surface area contributed by atoms with Crippen LogP contribution in [0.3, 0.4) is 0 Å². The summed E-state index contributed by atoms with van der Waals surface area (Å²) in [5, 5.41) is 3.24. The van der Waals surface area contributed by atoms with E-state index in [1.54, 1.807) is 26.4 Å². The monoisotopic (exact) mass is 336 g/mol. The molecule has 1 saturated heterocycles. The van der Waals surface area contributed by atoms with E-state index < -0.39 is 6.43 Å². The van der Waals surface area contributed by atoms with Crippen LogP contribution in [0.4, 0.5) is 8.78 Å². The zero-order chi connectivity index (χ0) is 15.2. The van der Waals surface area contributed by atoms with E-state index in [-0.39, 0.29) is 24.9 Å². The van der Waals surface area contributed by atoms with Crippen LogP contribution < -0.4 is 14.8 Å². The van der Waals surface area contributed by atoms with Gasteiger partial charge in [-0.2, -0.15) is 0 Å². The molecule has 0 aliphatic carbocycles. The number of methoxy groups -OCH3 is 2. The standard InChI is InChI=1S/C15H22F2N2O2.ClH/c1-20-11-3-4-12(14(9-11)21-2)13(10-15(16)17)19-7-5-18-6-8-19;/h3-4,9,13,15,18H,5-8,10H2,1-2H3;1H/t13-;/m1./s1. The summed E-state index contributed by atoms with van der Waals surface area (Å²) in [5.41, 5.74) is 0.792. The van der Waals surface area contributed by atoms with Crippen LogP contribution in [0.25, 0.3) is 0 Å². The third-order valence-corrected chi connectivity index (χ3v) is 3.79. The molecule has 1 N–H and O–H groups in total. The molecule has 0 spiro atoms. The lowest BCUT2D eigenvalue weighted by molar-refractivity contribution is 0.0729. The molecule has 0 unspecified atom stereocenters. The van der Waals surface area contributed by atoms with Gasteiger partial charge in [-0.3, -0.25) is 4.90 Å². The Hall–Kier alpha value is -1.11. The fraction of sp³-hybridized carbons (Fsp3) is 0.600. The first-order valence-electron chi connectivity index (χ1n) is 7.10. The van der Waals surface area contributed by atoms with Gasteiger partial charge in [0.05, 0.1) is 14.2 Å². The molecule has 1 heterocycles. The van der Waals surface area contributed by atoms with E-state index in [1.165, 1.54) is 0 Å². The molecule has 1 aromatic rings. The topological polar surface area (TPSA) is 33.7 Å². The SMILES string of the molecule is COc1ccc([C@@H](CC(F)F)N2CCNCC2)c(OC)c1.Cl. The zero-order valence-electron chi connectivity index (χ0n) is 12.9. The smallest absolute Gasteiger partial charge is 0.240 e. The highest BCUT2D eigenvalue weighted by Crippen LogP contribution is 2.36. The Bertz CT molecular complexity index is 457. The van der Waals surface area contributed by atoms with Crippen molar-refractivity contribution < 1.29 is 18.3 Å². The second-order valence-corrected chi connectivity index (χ2v) is 5.04. The van der Waals surface area contributed by atoms with Gasteiger partial charge >= 0.3 is 0 Å². The van der Waals surface area contributed by atoms with E-state index in [0.717, 1.165) is 31.7 Å². The van der Waals surface area contributed by atoms with Crippen molar-refractivity contribution in [1.82, 2.24) is 10.2 Å². The van der Waals surface area contributed by atoms with Crippen LogP contribution in [0, 0.1) is 0 Å². The Labute approximate surface area is 136 Å². The first kappa shape index (κ1) is 18.9. The van der Waals surface area contributed by atoms with Crippen LogP contribution in [-0.4, -0.2) is 51.7 Å². The van der Waals surface area contributed by atoms with Gasteiger partial charge in [0, 0.05) is 50.3 Å². The van der Waals surface area contributed by atoms with Gasteiger partial charge in [-0.1, -0.05) is 6.07 Å². The minimum atomic E-state index is -2.35. The van der Waals surface area contributed by atoms with Crippen molar-refractivity contribution in [3.8, 4) is 11.5 Å². The lowest BCUT2D eigenvalue weighted by Gasteiger charge is -2.35. The fourth-order valence-electron chi connectivity index (χ4n) is 2.73. The molecule has 4 nitrogen and oxygen atoms in total. The van der Waals surface area contributed by atoms with E-state index in [2.05, 4.69) is 10.2 Å². The van der Waals surface area contributed by atoms with Crippen molar-refractivity contribution in [3.63, 3.8) is 0 Å². The fourth-order valence-corrected chi connectivity index (χ4v) is 2.73. The highest BCUT2D eigenvalue weighted by molar-refractivity contribution is 5.85. The molecular formula is C15H23ClF2N2O2. The van der Waals surface area contributed by atoms with Gasteiger partial charge in [-0.25, -0.2) is 8.78 Å². The molecule has 0 saturated carbocycles. The molecule has 7 heteroatoms. The first-order valence-corrected chi connectivity index (χ1v) is 7.10. The summed E-state index contributed by atoms with van der Waals surface area (Å²) in [6.45, 7) is 3.15. The minimum Gasteiger partial charge on any atom is -0.497 e. The van der Waals surface area contributed by atoms with Crippen LogP contribution in [0.1, 0.15) is 18.0 Å². The average Bonchev–Trinajstić information content (AvgIpc) is 2.52. The van der Waals surface area contributed by atoms with Crippen LogP contribution in [-0.2, 0) is 0 Å². The van der Waals surface area contributed by atoms with Crippen molar-refractivity contribution in [2.24, 2.45) is 0 Å². The number of rotatable bonds is 6. The normalized spacial score (nSPS) is 17.0. The van der Waals surface area contributed by atoms with Gasteiger partial charge in [0.25, 0.3) is 0 Å². The maximum absolute atomic E-state index is 13.0. The average molecular weight is 337 g/mol. The number of ether oxygens (including phenoxy) is 2. The summed E-state index contributed by atoms with van der Waals surface area (Å²) < 4.78 is 36.5. The molecule has 1 fully saturated rings. The van der Waals surface area contributed by atoms with Gasteiger partial charge in [0.1, 0.15) is 11.5 Å². The molecule has 1 aromatic carbocycles. The minimum absolute atomic E-state index is 0. The number of piperazine rings is 1. The highest BCUT2D eigenvalue weighted by Gasteiger charge is 2.27. The molecule has 0 amide bonds. The van der Waals surface area contributed by atoms with Crippen molar-refractivity contribution in [1.29, 1.82) is 0 Å². The van der Waals surface area contributed by atoms with E-state index >= 15 is 0 Å². The van der Waals surface area contributed by atoms with Crippen LogP contribution >= 0.6 is 12.4 Å². The lowest BCUT2D eigenvalue weighted by Crippen LogP contribution is -2.45. The molecule has 1 atom stereocenters.